The van der Waals surface area contributed by atoms with Crippen LogP contribution in [0.15, 0.2) is 190 Å². The van der Waals surface area contributed by atoms with Gasteiger partial charge in [0.15, 0.2) is 5.84 Å². The topological polar surface area (TPSA) is 49.9 Å². The quantitative estimate of drug-likeness (QED) is 0.188. The molecule has 4 heteroatoms. The van der Waals surface area contributed by atoms with E-state index in [1.54, 1.807) is 0 Å². The normalized spacial score (nSPS) is 14.5. The molecule has 2 heterocycles. The number of amidine groups is 2. The van der Waals surface area contributed by atoms with Gasteiger partial charge in [-0.25, -0.2) is 9.98 Å². The van der Waals surface area contributed by atoms with E-state index in [1.807, 2.05) is 36.4 Å². The van der Waals surface area contributed by atoms with Gasteiger partial charge in [-0.3, -0.25) is 0 Å². The number of benzene rings is 8. The van der Waals surface area contributed by atoms with Crippen LogP contribution in [0.3, 0.4) is 0 Å². The molecule has 1 aromatic heterocycles. The fourth-order valence-corrected chi connectivity index (χ4v) is 7.52. The molecule has 1 atom stereocenters. The van der Waals surface area contributed by atoms with Crippen LogP contribution in [0.5, 0.6) is 0 Å². The van der Waals surface area contributed by atoms with Crippen LogP contribution in [0.1, 0.15) is 22.9 Å². The van der Waals surface area contributed by atoms with E-state index >= 15 is 0 Å². The van der Waals surface area contributed by atoms with E-state index in [-0.39, 0.29) is 6.17 Å². The van der Waals surface area contributed by atoms with Crippen LogP contribution in [0.2, 0.25) is 0 Å². The second-order valence-electron chi connectivity index (χ2n) is 13.0. The van der Waals surface area contributed by atoms with Gasteiger partial charge in [-0.15, -0.1) is 0 Å². The summed E-state index contributed by atoms with van der Waals surface area (Å²) in [7, 11) is 0. The molecule has 0 saturated carbocycles. The Morgan fingerprint density at radius 3 is 1.88 bits per heavy atom. The summed E-state index contributed by atoms with van der Waals surface area (Å²) in [6, 6.07) is 61.5. The van der Waals surface area contributed by atoms with E-state index < -0.39 is 0 Å². The van der Waals surface area contributed by atoms with Gasteiger partial charge in [-0.1, -0.05) is 164 Å². The summed E-state index contributed by atoms with van der Waals surface area (Å²) in [4.78, 5) is 10.6. The van der Waals surface area contributed by atoms with E-state index in [0.717, 1.165) is 55.6 Å². The first-order chi connectivity index (χ1) is 25.3. The maximum absolute atomic E-state index is 6.69. The fourth-order valence-electron chi connectivity index (χ4n) is 7.52. The van der Waals surface area contributed by atoms with Gasteiger partial charge in [0.25, 0.3) is 0 Å². The van der Waals surface area contributed by atoms with Crippen molar-refractivity contribution in [2.45, 2.75) is 6.17 Å². The Morgan fingerprint density at radius 2 is 1.08 bits per heavy atom. The second kappa shape index (κ2) is 12.0. The zero-order chi connectivity index (χ0) is 33.7. The third kappa shape index (κ3) is 5.00. The molecular formula is C47H31N3O. The summed E-state index contributed by atoms with van der Waals surface area (Å²) < 4.78 is 6.69. The summed E-state index contributed by atoms with van der Waals surface area (Å²) in [5.41, 5.74) is 9.25. The van der Waals surface area contributed by atoms with Gasteiger partial charge in [0.1, 0.15) is 23.2 Å². The number of nitrogens with zero attached hydrogens (tertiary/aromatic N) is 2. The minimum absolute atomic E-state index is 0.366. The molecule has 0 bridgehead atoms. The first-order valence-corrected chi connectivity index (χ1v) is 17.3. The van der Waals surface area contributed by atoms with Gasteiger partial charge in [0.05, 0.1) is 0 Å². The highest BCUT2D eigenvalue weighted by Gasteiger charge is 2.25. The molecule has 51 heavy (non-hydrogen) atoms. The summed E-state index contributed by atoms with van der Waals surface area (Å²) in [5, 5.41) is 10.5. The molecule has 1 aliphatic heterocycles. The van der Waals surface area contributed by atoms with Crippen LogP contribution in [0, 0.1) is 0 Å². The molecule has 0 amide bonds. The van der Waals surface area contributed by atoms with Crippen LogP contribution in [-0.4, -0.2) is 11.7 Å². The number of furan rings is 1. The van der Waals surface area contributed by atoms with Gasteiger partial charge in [0.2, 0.25) is 0 Å². The Labute approximate surface area is 295 Å². The van der Waals surface area contributed by atoms with Crippen LogP contribution in [0.25, 0.3) is 65.7 Å². The number of aliphatic imine (C=N–C) groups is 2. The highest BCUT2D eigenvalue weighted by molar-refractivity contribution is 6.23. The molecule has 0 saturated heterocycles. The molecule has 8 aromatic carbocycles. The molecule has 10 rings (SSSR count). The largest absolute Gasteiger partial charge is 0.455 e. The molecule has 0 aliphatic carbocycles. The summed E-state index contributed by atoms with van der Waals surface area (Å²) in [6.45, 7) is 0. The van der Waals surface area contributed by atoms with Gasteiger partial charge in [-0.2, -0.15) is 0 Å². The second-order valence-corrected chi connectivity index (χ2v) is 13.0. The van der Waals surface area contributed by atoms with E-state index in [2.05, 4.69) is 145 Å². The van der Waals surface area contributed by atoms with Gasteiger partial charge < -0.3 is 9.73 Å². The number of nitrogens with one attached hydrogen (secondary N) is 1. The molecule has 0 fully saturated rings. The lowest BCUT2D eigenvalue weighted by Crippen LogP contribution is -2.33. The minimum atomic E-state index is -0.366. The van der Waals surface area contributed by atoms with Gasteiger partial charge >= 0.3 is 0 Å². The Bertz CT molecular complexity index is 2820. The molecule has 240 valence electrons. The molecule has 1 unspecified atom stereocenters. The predicted octanol–water partition coefficient (Wildman–Crippen LogP) is 11.7. The fraction of sp³-hybridized carbons (Fsp3) is 0.0213. The summed E-state index contributed by atoms with van der Waals surface area (Å²) in [6.07, 6.45) is -0.366. The smallest absolute Gasteiger partial charge is 0.160 e. The van der Waals surface area contributed by atoms with Crippen molar-refractivity contribution in [3.8, 4) is 22.3 Å². The number of para-hydroxylation sites is 1. The lowest BCUT2D eigenvalue weighted by Gasteiger charge is -2.25. The van der Waals surface area contributed by atoms with Crippen LogP contribution >= 0.6 is 0 Å². The maximum atomic E-state index is 6.69. The zero-order valence-corrected chi connectivity index (χ0v) is 27.6. The average molecular weight is 654 g/mol. The Morgan fingerprint density at radius 1 is 0.471 bits per heavy atom. The number of fused-ring (bicyclic) bond motifs is 6. The highest BCUT2D eigenvalue weighted by atomic mass is 16.3. The third-order valence-corrected chi connectivity index (χ3v) is 9.95. The standard InChI is InChI=1S/C47H31N3O/c1-3-13-30(14-4-1)31-25-27-32(28-26-31)36-21-11-22-39-43-40(23-12-24-42(43)51-44(36)39)46-48-45(33-15-5-2-6-16-33)49-47(50-46)41-29-34-17-7-8-18-35(34)37-19-9-10-20-38(37)41/h1-29,47H,(H,48,49,50). The summed E-state index contributed by atoms with van der Waals surface area (Å²) >= 11 is 0. The van der Waals surface area contributed by atoms with Crippen molar-refractivity contribution < 1.29 is 4.42 Å². The van der Waals surface area contributed by atoms with Gasteiger partial charge in [-0.05, 0) is 50.4 Å². The Balaban J connectivity index is 1.15. The zero-order valence-electron chi connectivity index (χ0n) is 27.6. The highest BCUT2D eigenvalue weighted by Crippen LogP contribution is 2.39. The predicted molar refractivity (Wildman–Crippen MR) is 211 cm³/mol. The van der Waals surface area contributed by atoms with Crippen molar-refractivity contribution in [2.24, 2.45) is 9.98 Å². The van der Waals surface area contributed by atoms with Gasteiger partial charge in [0, 0.05) is 33.0 Å². The van der Waals surface area contributed by atoms with Crippen molar-refractivity contribution in [2.75, 3.05) is 0 Å². The minimum Gasteiger partial charge on any atom is -0.455 e. The number of hydrogen-bond acceptors (Lipinski definition) is 4. The van der Waals surface area contributed by atoms with E-state index in [0.29, 0.717) is 5.84 Å². The first kappa shape index (κ1) is 29.2. The van der Waals surface area contributed by atoms with Crippen molar-refractivity contribution >= 4 is 55.2 Å². The lowest BCUT2D eigenvalue weighted by molar-refractivity contribution is 0.669. The molecule has 9 aromatic rings. The SMILES string of the molecule is c1ccc(C2=NC(c3cccc4oc5c(-c6ccc(-c7ccccc7)cc6)cccc5c34)=NC(c3cc4ccccc4c4ccccc34)N2)cc1. The Hall–Kier alpha value is -6.78. The van der Waals surface area contributed by atoms with Crippen LogP contribution in [0.4, 0.5) is 0 Å². The molecule has 0 spiro atoms. The van der Waals surface area contributed by atoms with Crippen molar-refractivity contribution in [3.63, 3.8) is 0 Å². The van der Waals surface area contributed by atoms with Crippen molar-refractivity contribution in [1.82, 2.24) is 5.32 Å². The van der Waals surface area contributed by atoms with E-state index in [1.165, 1.54) is 32.7 Å². The van der Waals surface area contributed by atoms with Crippen LogP contribution < -0.4 is 5.32 Å². The molecule has 0 radical (unpaired) electrons. The van der Waals surface area contributed by atoms with Crippen molar-refractivity contribution in [1.29, 1.82) is 0 Å². The van der Waals surface area contributed by atoms with E-state index in [4.69, 9.17) is 14.4 Å². The average Bonchev–Trinajstić information content (AvgIpc) is 3.60. The van der Waals surface area contributed by atoms with Crippen LogP contribution in [-0.2, 0) is 0 Å². The number of rotatable bonds is 5. The molecular weight excluding hydrogens is 623 g/mol. The summed E-state index contributed by atoms with van der Waals surface area (Å²) in [5.74, 6) is 1.45. The first-order valence-electron chi connectivity index (χ1n) is 17.3. The number of hydrogen-bond donors (Lipinski definition) is 1. The van der Waals surface area contributed by atoms with Crippen molar-refractivity contribution in [3.05, 3.63) is 193 Å². The molecule has 1 N–H and O–H groups in total. The molecule has 1 aliphatic rings. The van der Waals surface area contributed by atoms with E-state index in [9.17, 15) is 0 Å². The third-order valence-electron chi connectivity index (χ3n) is 9.95. The molecule has 4 nitrogen and oxygen atoms in total. The monoisotopic (exact) mass is 653 g/mol. The maximum Gasteiger partial charge on any atom is 0.160 e. The Kier molecular flexibility index (Phi) is 6.85. The lowest BCUT2D eigenvalue weighted by atomic mass is 9.95.